The van der Waals surface area contributed by atoms with Gasteiger partial charge in [-0.05, 0) is 12.8 Å². The van der Waals surface area contributed by atoms with Crippen molar-refractivity contribution in [3.8, 4) is 0 Å². The van der Waals surface area contributed by atoms with Gasteiger partial charge in [-0.3, -0.25) is 9.59 Å². The third-order valence-corrected chi connectivity index (χ3v) is 2.77. The number of ketones is 2. The molecule has 1 rings (SSSR count). The van der Waals surface area contributed by atoms with Crippen LogP contribution >= 0.6 is 0 Å². The molecule has 0 aromatic heterocycles. The molecule has 3 atom stereocenters. The number of hydrogen-bond acceptors (Lipinski definition) is 4. The van der Waals surface area contributed by atoms with Gasteiger partial charge in [0.25, 0.3) is 0 Å². The number of aliphatic hydroxyl groups is 1. The molecule has 0 aromatic carbocycles. The van der Waals surface area contributed by atoms with Gasteiger partial charge in [0.1, 0.15) is 23.8 Å². The van der Waals surface area contributed by atoms with E-state index in [4.69, 9.17) is 0 Å². The second-order valence-electron chi connectivity index (χ2n) is 4.06. The maximum absolute atomic E-state index is 11.6. The first-order valence-corrected chi connectivity index (χ1v) is 5.29. The van der Waals surface area contributed by atoms with Crippen molar-refractivity contribution < 1.29 is 19.5 Å². The van der Waals surface area contributed by atoms with Crippen LogP contribution < -0.4 is 0 Å². The summed E-state index contributed by atoms with van der Waals surface area (Å²) < 4.78 is 0. The number of rotatable bonds is 4. The fraction of sp³-hybridized carbons (Fsp3) is 0.727. The van der Waals surface area contributed by atoms with Crippen molar-refractivity contribution in [2.24, 2.45) is 11.8 Å². The summed E-state index contributed by atoms with van der Waals surface area (Å²) in [5.74, 6) is -1.79. The minimum atomic E-state index is -0.972. The first-order valence-electron chi connectivity index (χ1n) is 5.29. The topological polar surface area (TPSA) is 71.4 Å². The molecule has 0 radical (unpaired) electrons. The highest BCUT2D eigenvalue weighted by atomic mass is 16.3. The molecule has 4 heteroatoms. The van der Waals surface area contributed by atoms with Crippen LogP contribution in [0.2, 0.25) is 0 Å². The van der Waals surface area contributed by atoms with E-state index in [9.17, 15) is 19.5 Å². The monoisotopic (exact) mass is 212 g/mol. The molecule has 84 valence electrons. The Morgan fingerprint density at radius 2 is 2.27 bits per heavy atom. The Labute approximate surface area is 88.7 Å². The van der Waals surface area contributed by atoms with Crippen LogP contribution in [0, 0.1) is 11.8 Å². The maximum Gasteiger partial charge on any atom is 0.146 e. The Morgan fingerprint density at radius 1 is 1.60 bits per heavy atom. The van der Waals surface area contributed by atoms with Crippen LogP contribution in [0.25, 0.3) is 0 Å². The first-order chi connectivity index (χ1) is 7.10. The third kappa shape index (κ3) is 2.72. The lowest BCUT2D eigenvalue weighted by Gasteiger charge is -2.28. The Balaban J connectivity index is 2.70. The fourth-order valence-electron chi connectivity index (χ4n) is 2.03. The molecule has 1 aliphatic carbocycles. The van der Waals surface area contributed by atoms with Gasteiger partial charge >= 0.3 is 0 Å². The highest BCUT2D eigenvalue weighted by molar-refractivity contribution is 6.04. The van der Waals surface area contributed by atoms with Gasteiger partial charge in [-0.15, -0.1) is 0 Å². The molecule has 3 unspecified atom stereocenters. The molecular weight excluding hydrogens is 196 g/mol. The zero-order valence-electron chi connectivity index (χ0n) is 8.81. The first kappa shape index (κ1) is 12.0. The molecule has 0 bridgehead atoms. The van der Waals surface area contributed by atoms with E-state index in [0.29, 0.717) is 19.1 Å². The summed E-state index contributed by atoms with van der Waals surface area (Å²) in [7, 11) is 0. The zero-order valence-corrected chi connectivity index (χ0v) is 8.81. The van der Waals surface area contributed by atoms with Crippen LogP contribution in [0.4, 0.5) is 0 Å². The summed E-state index contributed by atoms with van der Waals surface area (Å²) in [4.78, 5) is 33.6. The summed E-state index contributed by atoms with van der Waals surface area (Å²) in [5.41, 5.74) is 0. The predicted molar refractivity (Wildman–Crippen MR) is 53.2 cm³/mol. The number of aliphatic hydroxyl groups excluding tert-OH is 1. The number of carbonyl (C=O) groups excluding carboxylic acids is 3. The van der Waals surface area contributed by atoms with Crippen molar-refractivity contribution in [1.29, 1.82) is 0 Å². The summed E-state index contributed by atoms with van der Waals surface area (Å²) in [6.07, 6.45) is 1.03. The van der Waals surface area contributed by atoms with Gasteiger partial charge < -0.3 is 9.90 Å². The lowest BCUT2D eigenvalue weighted by Crippen LogP contribution is -2.42. The molecule has 0 saturated heterocycles. The van der Waals surface area contributed by atoms with Crippen LogP contribution in [-0.2, 0) is 14.4 Å². The Bertz CT molecular complexity index is 272. The van der Waals surface area contributed by atoms with Crippen molar-refractivity contribution in [3.63, 3.8) is 0 Å². The van der Waals surface area contributed by atoms with Crippen molar-refractivity contribution in [3.05, 3.63) is 0 Å². The van der Waals surface area contributed by atoms with Crippen molar-refractivity contribution >= 4 is 17.9 Å². The molecule has 1 aliphatic rings. The predicted octanol–water partition coefficient (Wildman–Crippen LogP) is 0.511. The number of Topliss-reactive ketones (excluding diaryl/α,β-unsaturated/α-hetero) is 2. The van der Waals surface area contributed by atoms with E-state index in [2.05, 4.69) is 0 Å². The molecule has 4 nitrogen and oxygen atoms in total. The third-order valence-electron chi connectivity index (χ3n) is 2.77. The Morgan fingerprint density at radius 3 is 2.73 bits per heavy atom. The van der Waals surface area contributed by atoms with Gasteiger partial charge in [0.2, 0.25) is 0 Å². The molecule has 1 N–H and O–H groups in total. The second-order valence-corrected chi connectivity index (χ2v) is 4.06. The number of carbonyl (C=O) groups is 3. The molecule has 1 saturated carbocycles. The number of aldehydes is 1. The molecule has 0 spiro atoms. The summed E-state index contributed by atoms with van der Waals surface area (Å²) in [6, 6.07) is 0. The normalized spacial score (nSPS) is 31.3. The van der Waals surface area contributed by atoms with E-state index < -0.39 is 17.9 Å². The smallest absolute Gasteiger partial charge is 0.146 e. The number of hydrogen-bond donors (Lipinski definition) is 1. The summed E-state index contributed by atoms with van der Waals surface area (Å²) >= 11 is 0. The van der Waals surface area contributed by atoms with Gasteiger partial charge in [-0.2, -0.15) is 0 Å². The highest BCUT2D eigenvalue weighted by Crippen LogP contribution is 2.27. The minimum absolute atomic E-state index is 0.0979. The van der Waals surface area contributed by atoms with Crippen molar-refractivity contribution in [2.75, 3.05) is 0 Å². The molecule has 1 fully saturated rings. The average Bonchev–Trinajstić information content (AvgIpc) is 2.16. The SMILES string of the molecule is CCCC(=O)C1C(=O)CC(C=O)CC1O. The van der Waals surface area contributed by atoms with Crippen LogP contribution in [0.15, 0.2) is 0 Å². The lowest BCUT2D eigenvalue weighted by molar-refractivity contribution is -0.143. The van der Waals surface area contributed by atoms with Crippen LogP contribution in [0.5, 0.6) is 0 Å². The van der Waals surface area contributed by atoms with E-state index in [1.54, 1.807) is 0 Å². The molecule has 0 heterocycles. The maximum atomic E-state index is 11.6. The average molecular weight is 212 g/mol. The Hall–Kier alpha value is -1.03. The molecular formula is C11H16O4. The van der Waals surface area contributed by atoms with Gasteiger partial charge in [-0.25, -0.2) is 0 Å². The van der Waals surface area contributed by atoms with Crippen LogP contribution in [0.3, 0.4) is 0 Å². The van der Waals surface area contributed by atoms with Crippen LogP contribution in [-0.4, -0.2) is 29.1 Å². The van der Waals surface area contributed by atoms with E-state index in [1.807, 2.05) is 6.92 Å². The quantitative estimate of drug-likeness (QED) is 0.544. The molecule has 0 amide bonds. The standard InChI is InChI=1S/C11H16O4/c1-2-3-8(13)11-9(14)4-7(6-12)5-10(11)15/h6-7,9,11,14H,2-5H2,1H3. The fourth-order valence-corrected chi connectivity index (χ4v) is 2.03. The second kappa shape index (κ2) is 5.16. The summed E-state index contributed by atoms with van der Waals surface area (Å²) in [6.45, 7) is 1.85. The van der Waals surface area contributed by atoms with Gasteiger partial charge in [0, 0.05) is 18.8 Å². The molecule has 0 aromatic rings. The largest absolute Gasteiger partial charge is 0.392 e. The lowest BCUT2D eigenvalue weighted by atomic mass is 9.76. The van der Waals surface area contributed by atoms with Crippen LogP contribution in [0.1, 0.15) is 32.6 Å². The van der Waals surface area contributed by atoms with E-state index in [0.717, 1.165) is 0 Å². The molecule has 0 aliphatic heterocycles. The highest BCUT2D eigenvalue weighted by Gasteiger charge is 2.39. The van der Waals surface area contributed by atoms with Crippen molar-refractivity contribution in [1.82, 2.24) is 0 Å². The minimum Gasteiger partial charge on any atom is -0.392 e. The zero-order chi connectivity index (χ0) is 11.4. The molecule has 15 heavy (non-hydrogen) atoms. The van der Waals surface area contributed by atoms with Crippen molar-refractivity contribution in [2.45, 2.75) is 38.7 Å². The van der Waals surface area contributed by atoms with E-state index in [-0.39, 0.29) is 24.4 Å². The van der Waals surface area contributed by atoms with Gasteiger partial charge in [0.05, 0.1) is 6.10 Å². The van der Waals surface area contributed by atoms with Gasteiger partial charge in [0.15, 0.2) is 0 Å². The van der Waals surface area contributed by atoms with Gasteiger partial charge in [-0.1, -0.05) is 6.92 Å². The van der Waals surface area contributed by atoms with E-state index in [1.165, 1.54) is 0 Å². The Kier molecular flexibility index (Phi) is 4.15. The van der Waals surface area contributed by atoms with E-state index >= 15 is 0 Å². The summed E-state index contributed by atoms with van der Waals surface area (Å²) in [5, 5.41) is 9.64.